The van der Waals surface area contributed by atoms with Gasteiger partial charge >= 0.3 is 0 Å². The molecule has 1 aliphatic carbocycles. The maximum absolute atomic E-state index is 13.3. The highest BCUT2D eigenvalue weighted by atomic mass is 16.5. The van der Waals surface area contributed by atoms with Crippen molar-refractivity contribution in [1.29, 1.82) is 0 Å². The summed E-state index contributed by atoms with van der Waals surface area (Å²) in [6, 6.07) is 19.8. The van der Waals surface area contributed by atoms with Crippen molar-refractivity contribution in [2.24, 2.45) is 5.41 Å². The van der Waals surface area contributed by atoms with Crippen LogP contribution in [0.3, 0.4) is 0 Å². The molecule has 5 heteroatoms. The largest absolute Gasteiger partial charge is 0.496 e. The number of methoxy groups -OCH3 is 1. The van der Waals surface area contributed by atoms with E-state index in [0.29, 0.717) is 6.42 Å². The summed E-state index contributed by atoms with van der Waals surface area (Å²) < 4.78 is 7.61. The summed E-state index contributed by atoms with van der Waals surface area (Å²) in [5, 5.41) is 8.46. The van der Waals surface area contributed by atoms with Crippen LogP contribution < -0.4 is 10.1 Å². The molecule has 0 saturated heterocycles. The molecule has 1 aliphatic heterocycles. The molecule has 0 amide bonds. The van der Waals surface area contributed by atoms with E-state index < -0.39 is 0 Å². The number of rotatable bonds is 3. The molecule has 0 spiro atoms. The van der Waals surface area contributed by atoms with Crippen LogP contribution in [0.1, 0.15) is 38.3 Å². The number of nitrogens with zero attached hydrogens (tertiary/aromatic N) is 2. The van der Waals surface area contributed by atoms with E-state index in [1.54, 1.807) is 7.11 Å². The van der Waals surface area contributed by atoms with Crippen LogP contribution in [0.15, 0.2) is 71.9 Å². The maximum atomic E-state index is 13.3. The van der Waals surface area contributed by atoms with E-state index in [4.69, 9.17) is 9.84 Å². The molecule has 0 bridgehead atoms. The molecule has 3 aromatic rings. The van der Waals surface area contributed by atoms with Crippen molar-refractivity contribution < 1.29 is 9.53 Å². The lowest BCUT2D eigenvalue weighted by atomic mass is 9.73. The second-order valence-corrected chi connectivity index (χ2v) is 8.83. The van der Waals surface area contributed by atoms with Crippen molar-refractivity contribution in [3.8, 4) is 17.0 Å². The minimum Gasteiger partial charge on any atom is -0.496 e. The number of Topliss-reactive ketones (excluding diaryl/α,β-unsaturated/α-hetero) is 1. The van der Waals surface area contributed by atoms with Crippen LogP contribution in [0.5, 0.6) is 5.75 Å². The number of aromatic nitrogens is 2. The fourth-order valence-corrected chi connectivity index (χ4v) is 4.65. The van der Waals surface area contributed by atoms with E-state index in [2.05, 4.69) is 25.2 Å². The second kappa shape index (κ2) is 6.87. The van der Waals surface area contributed by atoms with E-state index in [9.17, 15) is 4.79 Å². The molecule has 1 atom stereocenters. The molecular weight excluding hydrogens is 374 g/mol. The Morgan fingerprint density at radius 2 is 1.80 bits per heavy atom. The van der Waals surface area contributed by atoms with Gasteiger partial charge in [-0.1, -0.05) is 62.4 Å². The van der Waals surface area contributed by atoms with E-state index in [1.165, 1.54) is 0 Å². The minimum atomic E-state index is -0.312. The number of ketones is 1. The van der Waals surface area contributed by atoms with Gasteiger partial charge in [-0.05, 0) is 17.9 Å². The Balaban J connectivity index is 1.72. The Hall–Kier alpha value is -3.34. The Kier molecular flexibility index (Phi) is 4.28. The zero-order chi connectivity index (χ0) is 20.9. The van der Waals surface area contributed by atoms with Gasteiger partial charge in [-0.3, -0.25) is 4.79 Å². The molecule has 152 valence electrons. The summed E-state index contributed by atoms with van der Waals surface area (Å²) in [5.41, 5.74) is 4.60. The van der Waals surface area contributed by atoms with Crippen LogP contribution in [0, 0.1) is 5.41 Å². The maximum Gasteiger partial charge on any atom is 0.163 e. The van der Waals surface area contributed by atoms with Crippen molar-refractivity contribution >= 4 is 11.6 Å². The number of allylic oxidation sites excluding steroid dienone is 2. The van der Waals surface area contributed by atoms with Gasteiger partial charge in [0, 0.05) is 34.9 Å². The number of nitrogens with one attached hydrogen (secondary N) is 1. The van der Waals surface area contributed by atoms with Crippen molar-refractivity contribution in [2.45, 2.75) is 32.7 Å². The predicted octanol–water partition coefficient (Wildman–Crippen LogP) is 5.22. The first-order valence-corrected chi connectivity index (χ1v) is 10.3. The standard InChI is InChI=1S/C25H25N3O2/c1-25(2)14-19-23(20(29)15-25)24(17-11-7-8-12-21(17)30-3)28-22(26-19)13-18(27-28)16-9-5-4-6-10-16/h4-13,24,26H,14-15H2,1-3H3/t24-/m1/s1. The first-order chi connectivity index (χ1) is 14.5. The van der Waals surface area contributed by atoms with E-state index in [0.717, 1.165) is 46.1 Å². The molecule has 0 radical (unpaired) electrons. The van der Waals surface area contributed by atoms with Gasteiger partial charge in [0.2, 0.25) is 0 Å². The number of fused-ring (bicyclic) bond motifs is 1. The van der Waals surface area contributed by atoms with Gasteiger partial charge in [0.1, 0.15) is 17.6 Å². The summed E-state index contributed by atoms with van der Waals surface area (Å²) in [7, 11) is 1.67. The van der Waals surface area contributed by atoms with E-state index >= 15 is 0 Å². The topological polar surface area (TPSA) is 56.1 Å². The SMILES string of the molecule is COc1ccccc1[C@@H]1C2=C(CC(C)(C)CC2=O)Nc2cc(-c3ccccc3)nn21. The third-order valence-electron chi connectivity index (χ3n) is 5.96. The van der Waals surface area contributed by atoms with Gasteiger partial charge in [0.25, 0.3) is 0 Å². The van der Waals surface area contributed by atoms with Crippen molar-refractivity contribution in [1.82, 2.24) is 9.78 Å². The third-order valence-corrected chi connectivity index (χ3v) is 5.96. The lowest BCUT2D eigenvalue weighted by Crippen LogP contribution is -2.36. The number of benzene rings is 2. The molecule has 5 rings (SSSR count). The van der Waals surface area contributed by atoms with Crippen LogP contribution >= 0.6 is 0 Å². The fraction of sp³-hybridized carbons (Fsp3) is 0.280. The minimum absolute atomic E-state index is 0.0707. The molecular formula is C25H25N3O2. The number of hydrogen-bond donors (Lipinski definition) is 1. The number of carbonyl (C=O) groups excluding carboxylic acids is 1. The molecule has 2 aliphatic rings. The van der Waals surface area contributed by atoms with Crippen LogP contribution in [0.25, 0.3) is 11.3 Å². The molecule has 5 nitrogen and oxygen atoms in total. The summed E-state index contributed by atoms with van der Waals surface area (Å²) in [6.45, 7) is 4.30. The fourth-order valence-electron chi connectivity index (χ4n) is 4.65. The molecule has 2 aromatic carbocycles. The smallest absolute Gasteiger partial charge is 0.163 e. The highest BCUT2D eigenvalue weighted by Gasteiger charge is 2.42. The lowest BCUT2D eigenvalue weighted by molar-refractivity contribution is -0.118. The van der Waals surface area contributed by atoms with Gasteiger partial charge < -0.3 is 10.1 Å². The van der Waals surface area contributed by atoms with E-state index in [1.807, 2.05) is 59.3 Å². The predicted molar refractivity (Wildman–Crippen MR) is 117 cm³/mol. The average Bonchev–Trinajstić information content (AvgIpc) is 3.15. The number of hydrogen-bond acceptors (Lipinski definition) is 4. The molecule has 1 aromatic heterocycles. The molecule has 0 fully saturated rings. The van der Waals surface area contributed by atoms with Gasteiger partial charge in [0.05, 0.1) is 12.8 Å². The summed E-state index contributed by atoms with van der Waals surface area (Å²) in [5.74, 6) is 1.83. The molecule has 0 saturated carbocycles. The molecule has 1 N–H and O–H groups in total. The first-order valence-electron chi connectivity index (χ1n) is 10.3. The van der Waals surface area contributed by atoms with Gasteiger partial charge in [-0.25, -0.2) is 4.68 Å². The number of ether oxygens (including phenoxy) is 1. The lowest BCUT2D eigenvalue weighted by Gasteiger charge is -2.39. The zero-order valence-electron chi connectivity index (χ0n) is 17.5. The number of anilines is 1. The van der Waals surface area contributed by atoms with Crippen LogP contribution in [-0.2, 0) is 4.79 Å². The highest BCUT2D eigenvalue weighted by Crippen LogP contribution is 2.47. The Morgan fingerprint density at radius 3 is 2.57 bits per heavy atom. The monoisotopic (exact) mass is 399 g/mol. The first kappa shape index (κ1) is 18.7. The van der Waals surface area contributed by atoms with Crippen molar-refractivity contribution in [2.75, 3.05) is 12.4 Å². The van der Waals surface area contributed by atoms with E-state index in [-0.39, 0.29) is 17.2 Å². The zero-order valence-corrected chi connectivity index (χ0v) is 17.5. The molecule has 30 heavy (non-hydrogen) atoms. The summed E-state index contributed by atoms with van der Waals surface area (Å²) >= 11 is 0. The second-order valence-electron chi connectivity index (χ2n) is 8.83. The van der Waals surface area contributed by atoms with Gasteiger partial charge in [0.15, 0.2) is 5.78 Å². The van der Waals surface area contributed by atoms with Crippen molar-refractivity contribution in [3.63, 3.8) is 0 Å². The normalized spacial score (nSPS) is 19.7. The summed E-state index contributed by atoms with van der Waals surface area (Å²) in [4.78, 5) is 13.3. The Labute approximate surface area is 176 Å². The van der Waals surface area contributed by atoms with Crippen LogP contribution in [0.2, 0.25) is 0 Å². The van der Waals surface area contributed by atoms with Crippen LogP contribution in [-0.4, -0.2) is 22.7 Å². The summed E-state index contributed by atoms with van der Waals surface area (Å²) in [6.07, 6.45) is 1.35. The Bertz CT molecular complexity index is 1160. The molecule has 2 heterocycles. The number of carbonyl (C=O) groups is 1. The van der Waals surface area contributed by atoms with Gasteiger partial charge in [-0.15, -0.1) is 0 Å². The van der Waals surface area contributed by atoms with Gasteiger partial charge in [-0.2, -0.15) is 5.10 Å². The third kappa shape index (κ3) is 3.02. The highest BCUT2D eigenvalue weighted by molar-refractivity contribution is 6.00. The molecule has 0 unspecified atom stereocenters. The van der Waals surface area contributed by atoms with Crippen molar-refractivity contribution in [3.05, 3.63) is 77.5 Å². The Morgan fingerprint density at radius 1 is 1.07 bits per heavy atom. The quantitative estimate of drug-likeness (QED) is 0.656. The number of para-hydroxylation sites is 1. The average molecular weight is 399 g/mol. The van der Waals surface area contributed by atoms with Crippen LogP contribution in [0.4, 0.5) is 5.82 Å².